The van der Waals surface area contributed by atoms with Crippen molar-refractivity contribution in [3.8, 4) is 0 Å². The summed E-state index contributed by atoms with van der Waals surface area (Å²) in [7, 11) is -3.72. The van der Waals surface area contributed by atoms with E-state index in [1.54, 1.807) is 12.1 Å². The van der Waals surface area contributed by atoms with E-state index in [-0.39, 0.29) is 34.6 Å². The number of amides is 1. The minimum absolute atomic E-state index is 0.0203. The molecular formula is C21H24F2N2O3S. The van der Waals surface area contributed by atoms with Crippen LogP contribution in [-0.2, 0) is 14.8 Å². The standard InChI is InChI=1S/C21H24F2N2O3S/c1-14(15-2-6-17(22)7-3-15)24-21(26)16-4-10-19(11-5-16)25-29(27,28)20-12-8-18(23)9-13-20/h2-3,6-9,12-14,16,19,25H,4-5,10-11H2,1H3,(H,24,26)/t14-,16-,19-/m1/s1. The Morgan fingerprint density at radius 2 is 1.45 bits per heavy atom. The Morgan fingerprint density at radius 3 is 2.00 bits per heavy atom. The van der Waals surface area contributed by atoms with Crippen molar-refractivity contribution in [1.29, 1.82) is 0 Å². The lowest BCUT2D eigenvalue weighted by atomic mass is 9.85. The second kappa shape index (κ2) is 9.00. The van der Waals surface area contributed by atoms with Gasteiger partial charge < -0.3 is 5.32 Å². The summed E-state index contributed by atoms with van der Waals surface area (Å²) in [5.74, 6) is -1.09. The van der Waals surface area contributed by atoms with Crippen molar-refractivity contribution in [3.05, 3.63) is 65.7 Å². The topological polar surface area (TPSA) is 75.3 Å². The highest BCUT2D eigenvalue weighted by molar-refractivity contribution is 7.89. The van der Waals surface area contributed by atoms with Crippen LogP contribution >= 0.6 is 0 Å². The molecule has 2 N–H and O–H groups in total. The Labute approximate surface area is 169 Å². The highest BCUT2D eigenvalue weighted by Crippen LogP contribution is 2.26. The lowest BCUT2D eigenvalue weighted by molar-refractivity contribution is -0.126. The van der Waals surface area contributed by atoms with Crippen LogP contribution in [0.25, 0.3) is 0 Å². The molecule has 29 heavy (non-hydrogen) atoms. The summed E-state index contributed by atoms with van der Waals surface area (Å²) in [4.78, 5) is 12.6. The average Bonchev–Trinajstić information content (AvgIpc) is 2.69. The van der Waals surface area contributed by atoms with Crippen molar-refractivity contribution in [1.82, 2.24) is 10.0 Å². The number of carbonyl (C=O) groups excluding carboxylic acids is 1. The quantitative estimate of drug-likeness (QED) is 0.746. The predicted octanol–water partition coefficient (Wildman–Crippen LogP) is 3.68. The highest BCUT2D eigenvalue weighted by Gasteiger charge is 2.29. The van der Waals surface area contributed by atoms with Crippen LogP contribution < -0.4 is 10.0 Å². The molecule has 0 bridgehead atoms. The van der Waals surface area contributed by atoms with Crippen molar-refractivity contribution in [2.24, 2.45) is 5.92 Å². The largest absolute Gasteiger partial charge is 0.349 e. The highest BCUT2D eigenvalue weighted by atomic mass is 32.2. The van der Waals surface area contributed by atoms with Gasteiger partial charge in [-0.3, -0.25) is 4.79 Å². The Morgan fingerprint density at radius 1 is 0.931 bits per heavy atom. The lowest BCUT2D eigenvalue weighted by Crippen LogP contribution is -2.41. The van der Waals surface area contributed by atoms with Gasteiger partial charge in [0.05, 0.1) is 10.9 Å². The molecule has 1 atom stereocenters. The van der Waals surface area contributed by atoms with Crippen LogP contribution in [0.1, 0.15) is 44.2 Å². The number of nitrogens with one attached hydrogen (secondary N) is 2. The van der Waals surface area contributed by atoms with Gasteiger partial charge in [0.25, 0.3) is 0 Å². The van der Waals surface area contributed by atoms with Crippen LogP contribution in [0.15, 0.2) is 53.4 Å². The first-order valence-corrected chi connectivity index (χ1v) is 11.1. The molecule has 0 heterocycles. The third-order valence-electron chi connectivity index (χ3n) is 5.27. The van der Waals surface area contributed by atoms with Gasteiger partial charge in [-0.05, 0) is 74.6 Å². The van der Waals surface area contributed by atoms with Gasteiger partial charge >= 0.3 is 0 Å². The molecule has 8 heteroatoms. The number of sulfonamides is 1. The van der Waals surface area contributed by atoms with Gasteiger partial charge in [-0.1, -0.05) is 12.1 Å². The number of hydrogen-bond acceptors (Lipinski definition) is 3. The molecule has 1 aliphatic rings. The molecule has 3 rings (SSSR count). The molecule has 156 valence electrons. The molecule has 0 unspecified atom stereocenters. The zero-order valence-electron chi connectivity index (χ0n) is 16.1. The number of carbonyl (C=O) groups is 1. The molecule has 0 radical (unpaired) electrons. The smallest absolute Gasteiger partial charge is 0.240 e. The number of hydrogen-bond donors (Lipinski definition) is 2. The summed E-state index contributed by atoms with van der Waals surface area (Å²) >= 11 is 0. The number of halogens is 2. The molecule has 1 saturated carbocycles. The summed E-state index contributed by atoms with van der Waals surface area (Å²) in [6, 6.07) is 10.2. The molecule has 1 aliphatic carbocycles. The van der Waals surface area contributed by atoms with E-state index in [4.69, 9.17) is 0 Å². The van der Waals surface area contributed by atoms with Crippen LogP contribution in [0.2, 0.25) is 0 Å². The average molecular weight is 422 g/mol. The molecule has 2 aromatic rings. The van der Waals surface area contributed by atoms with Crippen LogP contribution in [-0.4, -0.2) is 20.4 Å². The van der Waals surface area contributed by atoms with Crippen molar-refractivity contribution < 1.29 is 22.0 Å². The van der Waals surface area contributed by atoms with E-state index in [1.165, 1.54) is 24.3 Å². The van der Waals surface area contributed by atoms with Crippen molar-refractivity contribution >= 4 is 15.9 Å². The van der Waals surface area contributed by atoms with Gasteiger partial charge in [0.2, 0.25) is 15.9 Å². The van der Waals surface area contributed by atoms with E-state index in [2.05, 4.69) is 10.0 Å². The van der Waals surface area contributed by atoms with Crippen LogP contribution in [0.4, 0.5) is 8.78 Å². The van der Waals surface area contributed by atoms with Crippen LogP contribution in [0, 0.1) is 17.6 Å². The predicted molar refractivity (Wildman–Crippen MR) is 105 cm³/mol. The van der Waals surface area contributed by atoms with Gasteiger partial charge in [0, 0.05) is 12.0 Å². The van der Waals surface area contributed by atoms with Crippen molar-refractivity contribution in [2.75, 3.05) is 0 Å². The fourth-order valence-electron chi connectivity index (χ4n) is 3.54. The first kappa shape index (κ1) is 21.4. The monoisotopic (exact) mass is 422 g/mol. The first-order valence-electron chi connectivity index (χ1n) is 9.58. The SMILES string of the molecule is C[C@@H](NC(=O)[C@H]1CC[C@H](NS(=O)(=O)c2ccc(F)cc2)CC1)c1ccc(F)cc1. The third-order valence-corrected chi connectivity index (χ3v) is 6.81. The summed E-state index contributed by atoms with van der Waals surface area (Å²) < 4.78 is 53.5. The summed E-state index contributed by atoms with van der Waals surface area (Å²) in [6.07, 6.45) is 2.23. The van der Waals surface area contributed by atoms with E-state index in [1.807, 2.05) is 6.92 Å². The molecule has 1 amide bonds. The van der Waals surface area contributed by atoms with Gasteiger partial charge in [-0.2, -0.15) is 0 Å². The third kappa shape index (κ3) is 5.61. The van der Waals surface area contributed by atoms with E-state index in [0.717, 1.165) is 17.7 Å². The molecule has 2 aromatic carbocycles. The molecule has 0 saturated heterocycles. The van der Waals surface area contributed by atoms with Crippen molar-refractivity contribution in [3.63, 3.8) is 0 Å². The maximum Gasteiger partial charge on any atom is 0.240 e. The van der Waals surface area contributed by atoms with Crippen LogP contribution in [0.3, 0.4) is 0 Å². The molecule has 5 nitrogen and oxygen atoms in total. The first-order chi connectivity index (χ1) is 13.7. The maximum absolute atomic E-state index is 13.0. The van der Waals surface area contributed by atoms with Gasteiger partial charge in [0.15, 0.2) is 0 Å². The Bertz CT molecular complexity index is 939. The van der Waals surface area contributed by atoms with E-state index in [0.29, 0.717) is 25.7 Å². The molecule has 0 spiro atoms. The number of rotatable bonds is 6. The Kier molecular flexibility index (Phi) is 6.64. The second-order valence-electron chi connectivity index (χ2n) is 7.41. The van der Waals surface area contributed by atoms with Gasteiger partial charge in [-0.25, -0.2) is 21.9 Å². The normalized spacial score (nSPS) is 20.8. The van der Waals surface area contributed by atoms with E-state index < -0.39 is 15.8 Å². The Hall–Kier alpha value is -2.32. The summed E-state index contributed by atoms with van der Waals surface area (Å²) in [6.45, 7) is 1.84. The minimum atomic E-state index is -3.72. The molecule has 0 aliphatic heterocycles. The zero-order valence-corrected chi connectivity index (χ0v) is 16.9. The summed E-state index contributed by atoms with van der Waals surface area (Å²) in [5, 5.41) is 2.94. The second-order valence-corrected chi connectivity index (χ2v) is 9.12. The molecule has 1 fully saturated rings. The Balaban J connectivity index is 1.51. The fourth-order valence-corrected chi connectivity index (χ4v) is 4.85. The zero-order chi connectivity index (χ0) is 21.0. The number of benzene rings is 2. The van der Waals surface area contributed by atoms with E-state index >= 15 is 0 Å². The minimum Gasteiger partial charge on any atom is -0.349 e. The summed E-state index contributed by atoms with van der Waals surface area (Å²) in [5.41, 5.74) is 0.820. The van der Waals surface area contributed by atoms with Gasteiger partial charge in [0.1, 0.15) is 11.6 Å². The fraction of sp³-hybridized carbons (Fsp3) is 0.381. The van der Waals surface area contributed by atoms with Gasteiger partial charge in [-0.15, -0.1) is 0 Å². The molecular weight excluding hydrogens is 398 g/mol. The lowest BCUT2D eigenvalue weighted by Gasteiger charge is -2.29. The molecule has 0 aromatic heterocycles. The van der Waals surface area contributed by atoms with Crippen molar-refractivity contribution in [2.45, 2.75) is 49.6 Å². The van der Waals surface area contributed by atoms with Crippen LogP contribution in [0.5, 0.6) is 0 Å². The van der Waals surface area contributed by atoms with E-state index in [9.17, 15) is 22.0 Å². The maximum atomic E-state index is 13.0.